The number of nitrogens with one attached hydrogen (secondary N) is 1. The molecule has 0 aliphatic carbocycles. The van der Waals surface area contributed by atoms with Crippen LogP contribution < -0.4 is 5.32 Å². The van der Waals surface area contributed by atoms with E-state index in [2.05, 4.69) is 21.9 Å². The number of hydrogen-bond acceptors (Lipinski definition) is 3. The maximum atomic E-state index is 4.05. The summed E-state index contributed by atoms with van der Waals surface area (Å²) < 4.78 is 0. The van der Waals surface area contributed by atoms with E-state index in [0.717, 1.165) is 5.56 Å². The lowest BCUT2D eigenvalue weighted by atomic mass is 10.4. The third kappa shape index (κ3) is 2.37. The van der Waals surface area contributed by atoms with Crippen molar-refractivity contribution in [1.82, 2.24) is 9.97 Å². The first-order chi connectivity index (χ1) is 5.33. The summed E-state index contributed by atoms with van der Waals surface area (Å²) in [7, 11) is 0. The summed E-state index contributed by atoms with van der Waals surface area (Å²) in [6, 6.07) is 0. The van der Waals surface area contributed by atoms with Gasteiger partial charge in [-0.3, -0.25) is 0 Å². The van der Waals surface area contributed by atoms with Crippen LogP contribution in [0.3, 0.4) is 0 Å². The van der Waals surface area contributed by atoms with Gasteiger partial charge in [0.25, 0.3) is 0 Å². The van der Waals surface area contributed by atoms with Crippen LogP contribution in [-0.4, -0.2) is 16.5 Å². The largest absolute Gasteiger partial charge is 0.351 e. The molecule has 0 radical (unpaired) electrons. The second-order valence-corrected chi connectivity index (χ2v) is 2.25. The van der Waals surface area contributed by atoms with Crippen molar-refractivity contribution in [1.29, 1.82) is 0 Å². The fourth-order valence-corrected chi connectivity index (χ4v) is 0.647. The Balaban J connectivity index is 2.58. The first-order valence-corrected chi connectivity index (χ1v) is 3.46. The Morgan fingerprint density at radius 1 is 1.55 bits per heavy atom. The molecule has 1 aromatic heterocycles. The quantitative estimate of drug-likeness (QED) is 0.660. The molecule has 0 spiro atoms. The maximum absolute atomic E-state index is 4.05. The third-order valence-electron chi connectivity index (χ3n) is 1.19. The molecule has 1 aromatic rings. The van der Waals surface area contributed by atoms with E-state index in [-0.39, 0.29) is 0 Å². The molecule has 0 aliphatic heterocycles. The summed E-state index contributed by atoms with van der Waals surface area (Å²) in [5.41, 5.74) is 1.06. The minimum absolute atomic E-state index is 0.649. The Hall–Kier alpha value is -1.38. The lowest BCUT2D eigenvalue weighted by molar-refractivity contribution is 1.10. The van der Waals surface area contributed by atoms with Crippen molar-refractivity contribution in [2.75, 3.05) is 11.9 Å². The van der Waals surface area contributed by atoms with Gasteiger partial charge < -0.3 is 5.32 Å². The molecule has 11 heavy (non-hydrogen) atoms. The fourth-order valence-electron chi connectivity index (χ4n) is 0.647. The molecule has 3 heteroatoms. The zero-order chi connectivity index (χ0) is 8.10. The molecule has 3 nitrogen and oxygen atoms in total. The van der Waals surface area contributed by atoms with Crippen molar-refractivity contribution in [3.8, 4) is 0 Å². The minimum Gasteiger partial charge on any atom is -0.351 e. The van der Waals surface area contributed by atoms with Gasteiger partial charge in [0.2, 0.25) is 5.95 Å². The molecular formula is C8H11N3. The Morgan fingerprint density at radius 2 is 2.18 bits per heavy atom. The van der Waals surface area contributed by atoms with Gasteiger partial charge in [0.05, 0.1) is 0 Å². The molecule has 0 aliphatic rings. The van der Waals surface area contributed by atoms with Crippen LogP contribution in [0.25, 0.3) is 0 Å². The van der Waals surface area contributed by atoms with E-state index in [0.29, 0.717) is 12.5 Å². The summed E-state index contributed by atoms with van der Waals surface area (Å²) in [6.45, 7) is 6.23. The van der Waals surface area contributed by atoms with Crippen LogP contribution in [0.5, 0.6) is 0 Å². The third-order valence-corrected chi connectivity index (χ3v) is 1.19. The van der Waals surface area contributed by atoms with E-state index in [1.807, 2.05) is 6.92 Å². The Labute approximate surface area is 66.2 Å². The number of nitrogens with zero attached hydrogens (tertiary/aromatic N) is 2. The van der Waals surface area contributed by atoms with E-state index >= 15 is 0 Å². The van der Waals surface area contributed by atoms with Gasteiger partial charge >= 0.3 is 0 Å². The molecule has 0 fully saturated rings. The summed E-state index contributed by atoms with van der Waals surface area (Å²) in [5.74, 6) is 0.649. The molecule has 58 valence electrons. The molecule has 1 heterocycles. The van der Waals surface area contributed by atoms with Crippen LogP contribution in [0, 0.1) is 6.92 Å². The highest BCUT2D eigenvalue weighted by atomic mass is 15.1. The highest BCUT2D eigenvalue weighted by molar-refractivity contribution is 5.24. The predicted octanol–water partition coefficient (Wildman–Crippen LogP) is 1.38. The molecular weight excluding hydrogens is 138 g/mol. The monoisotopic (exact) mass is 149 g/mol. The number of rotatable bonds is 3. The Kier molecular flexibility index (Phi) is 2.60. The number of anilines is 1. The molecule has 0 amide bonds. The van der Waals surface area contributed by atoms with Crippen LogP contribution in [-0.2, 0) is 0 Å². The van der Waals surface area contributed by atoms with Crippen LogP contribution >= 0.6 is 0 Å². The van der Waals surface area contributed by atoms with Crippen molar-refractivity contribution >= 4 is 5.95 Å². The average Bonchev–Trinajstić information content (AvgIpc) is 2.04. The van der Waals surface area contributed by atoms with Crippen LogP contribution in [0.1, 0.15) is 5.56 Å². The van der Waals surface area contributed by atoms with Crippen molar-refractivity contribution in [2.45, 2.75) is 6.92 Å². The van der Waals surface area contributed by atoms with E-state index in [4.69, 9.17) is 0 Å². The van der Waals surface area contributed by atoms with Crippen molar-refractivity contribution in [3.05, 3.63) is 30.6 Å². The summed E-state index contributed by atoms with van der Waals surface area (Å²) in [6.07, 6.45) is 5.32. The normalized spacial score (nSPS) is 9.18. The molecule has 0 aromatic carbocycles. The second-order valence-electron chi connectivity index (χ2n) is 2.25. The first-order valence-electron chi connectivity index (χ1n) is 3.46. The molecule has 0 atom stereocenters. The van der Waals surface area contributed by atoms with Crippen molar-refractivity contribution in [3.63, 3.8) is 0 Å². The van der Waals surface area contributed by atoms with Gasteiger partial charge in [0.15, 0.2) is 0 Å². The Morgan fingerprint density at radius 3 is 2.73 bits per heavy atom. The number of hydrogen-bond donors (Lipinski definition) is 1. The first kappa shape index (κ1) is 7.72. The van der Waals surface area contributed by atoms with E-state index in [1.165, 1.54) is 0 Å². The number of aromatic nitrogens is 2. The molecule has 0 bridgehead atoms. The molecule has 0 saturated carbocycles. The van der Waals surface area contributed by atoms with Crippen molar-refractivity contribution < 1.29 is 0 Å². The lowest BCUT2D eigenvalue weighted by Gasteiger charge is -1.99. The zero-order valence-electron chi connectivity index (χ0n) is 6.54. The van der Waals surface area contributed by atoms with Gasteiger partial charge in [0.1, 0.15) is 0 Å². The average molecular weight is 149 g/mol. The predicted molar refractivity (Wildman–Crippen MR) is 45.5 cm³/mol. The molecule has 1 rings (SSSR count). The standard InChI is InChI=1S/C8H11N3/c1-3-4-9-8-10-5-7(2)6-11-8/h3,5-6H,1,4H2,2H3,(H,9,10,11). The van der Waals surface area contributed by atoms with Crippen LogP contribution in [0.4, 0.5) is 5.95 Å². The second kappa shape index (κ2) is 3.71. The van der Waals surface area contributed by atoms with Gasteiger partial charge in [-0.15, -0.1) is 6.58 Å². The topological polar surface area (TPSA) is 37.8 Å². The fraction of sp³-hybridized carbons (Fsp3) is 0.250. The van der Waals surface area contributed by atoms with Gasteiger partial charge in [-0.1, -0.05) is 6.08 Å². The molecule has 0 unspecified atom stereocenters. The maximum Gasteiger partial charge on any atom is 0.222 e. The van der Waals surface area contributed by atoms with Gasteiger partial charge in [-0.2, -0.15) is 0 Å². The highest BCUT2D eigenvalue weighted by Crippen LogP contribution is 1.96. The van der Waals surface area contributed by atoms with E-state index in [1.54, 1.807) is 18.5 Å². The van der Waals surface area contributed by atoms with E-state index in [9.17, 15) is 0 Å². The van der Waals surface area contributed by atoms with Gasteiger partial charge in [0, 0.05) is 18.9 Å². The SMILES string of the molecule is C=CCNc1ncc(C)cn1. The van der Waals surface area contributed by atoms with Crippen molar-refractivity contribution in [2.24, 2.45) is 0 Å². The summed E-state index contributed by atoms with van der Waals surface area (Å²) in [4.78, 5) is 8.09. The van der Waals surface area contributed by atoms with Gasteiger partial charge in [-0.05, 0) is 12.5 Å². The van der Waals surface area contributed by atoms with Gasteiger partial charge in [-0.25, -0.2) is 9.97 Å². The zero-order valence-corrected chi connectivity index (χ0v) is 6.54. The van der Waals surface area contributed by atoms with Crippen LogP contribution in [0.2, 0.25) is 0 Å². The number of aryl methyl sites for hydroxylation is 1. The smallest absolute Gasteiger partial charge is 0.222 e. The van der Waals surface area contributed by atoms with Crippen LogP contribution in [0.15, 0.2) is 25.0 Å². The van der Waals surface area contributed by atoms with E-state index < -0.39 is 0 Å². The highest BCUT2D eigenvalue weighted by Gasteiger charge is 1.90. The summed E-state index contributed by atoms with van der Waals surface area (Å²) >= 11 is 0. The molecule has 1 N–H and O–H groups in total. The lowest BCUT2D eigenvalue weighted by Crippen LogP contribution is -2.02. The Bertz CT molecular complexity index is 228. The summed E-state index contributed by atoms with van der Waals surface area (Å²) in [5, 5.41) is 2.98. The molecule has 0 saturated heterocycles. The minimum atomic E-state index is 0.649.